The highest BCUT2D eigenvalue weighted by Gasteiger charge is 2.12. The molecule has 19 heavy (non-hydrogen) atoms. The third-order valence-electron chi connectivity index (χ3n) is 3.40. The van der Waals surface area contributed by atoms with E-state index < -0.39 is 0 Å². The van der Waals surface area contributed by atoms with Gasteiger partial charge < -0.3 is 5.32 Å². The van der Waals surface area contributed by atoms with Gasteiger partial charge in [-0.25, -0.2) is 4.39 Å². The van der Waals surface area contributed by atoms with Gasteiger partial charge in [-0.1, -0.05) is 12.1 Å². The van der Waals surface area contributed by atoms with E-state index in [1.54, 1.807) is 6.07 Å². The normalized spacial score (nSPS) is 12.9. The highest BCUT2D eigenvalue weighted by molar-refractivity contribution is 7.98. The standard InChI is InChI=1S/C15H25FN2S/c1-12(7-8-19-4)18(3)11-14-9-13(10-17-2)5-6-15(14)16/h5-6,9,12,17H,7-8,10-11H2,1-4H3. The molecule has 0 fully saturated rings. The lowest BCUT2D eigenvalue weighted by atomic mass is 10.1. The predicted molar refractivity (Wildman–Crippen MR) is 83.1 cm³/mol. The van der Waals surface area contributed by atoms with Crippen molar-refractivity contribution in [1.82, 2.24) is 10.2 Å². The molecule has 0 saturated carbocycles. The van der Waals surface area contributed by atoms with Gasteiger partial charge in [0.1, 0.15) is 5.82 Å². The van der Waals surface area contributed by atoms with Gasteiger partial charge in [-0.05, 0) is 51.1 Å². The highest BCUT2D eigenvalue weighted by atomic mass is 32.2. The first kappa shape index (κ1) is 16.5. The maximum absolute atomic E-state index is 13.8. The molecule has 0 aliphatic rings. The molecule has 0 spiro atoms. The van der Waals surface area contributed by atoms with E-state index in [1.807, 2.05) is 30.9 Å². The average molecular weight is 284 g/mol. The molecule has 0 amide bonds. The van der Waals surface area contributed by atoms with Gasteiger partial charge in [-0.3, -0.25) is 4.90 Å². The maximum atomic E-state index is 13.8. The van der Waals surface area contributed by atoms with E-state index in [4.69, 9.17) is 0 Å². The topological polar surface area (TPSA) is 15.3 Å². The van der Waals surface area contributed by atoms with Crippen molar-refractivity contribution in [2.45, 2.75) is 32.5 Å². The van der Waals surface area contributed by atoms with Crippen molar-refractivity contribution in [3.8, 4) is 0 Å². The number of hydrogen-bond acceptors (Lipinski definition) is 3. The van der Waals surface area contributed by atoms with Crippen molar-refractivity contribution >= 4 is 11.8 Å². The second kappa shape index (κ2) is 8.56. The van der Waals surface area contributed by atoms with E-state index in [9.17, 15) is 4.39 Å². The van der Waals surface area contributed by atoms with Crippen molar-refractivity contribution in [2.24, 2.45) is 0 Å². The fourth-order valence-electron chi connectivity index (χ4n) is 2.00. The lowest BCUT2D eigenvalue weighted by molar-refractivity contribution is 0.242. The summed E-state index contributed by atoms with van der Waals surface area (Å²) < 4.78 is 13.8. The minimum atomic E-state index is -0.108. The third kappa shape index (κ3) is 5.51. The monoisotopic (exact) mass is 284 g/mol. The Hall–Kier alpha value is -0.580. The van der Waals surface area contributed by atoms with Crippen LogP contribution in [0.1, 0.15) is 24.5 Å². The molecule has 1 aromatic carbocycles. The molecule has 1 aromatic rings. The van der Waals surface area contributed by atoms with E-state index in [0.717, 1.165) is 29.8 Å². The van der Waals surface area contributed by atoms with Crippen molar-refractivity contribution in [2.75, 3.05) is 26.1 Å². The molecule has 1 atom stereocenters. The summed E-state index contributed by atoms with van der Waals surface area (Å²) in [6.07, 6.45) is 3.25. The van der Waals surface area contributed by atoms with Crippen LogP contribution in [-0.2, 0) is 13.1 Å². The molecule has 0 bridgehead atoms. The Kier molecular flexibility index (Phi) is 7.42. The zero-order valence-electron chi connectivity index (χ0n) is 12.4. The van der Waals surface area contributed by atoms with Crippen molar-refractivity contribution in [3.63, 3.8) is 0 Å². The van der Waals surface area contributed by atoms with Crippen molar-refractivity contribution in [1.29, 1.82) is 0 Å². The first-order valence-electron chi connectivity index (χ1n) is 6.69. The fraction of sp³-hybridized carbons (Fsp3) is 0.600. The summed E-state index contributed by atoms with van der Waals surface area (Å²) in [5.41, 5.74) is 1.91. The van der Waals surface area contributed by atoms with E-state index >= 15 is 0 Å². The second-order valence-corrected chi connectivity index (χ2v) is 5.99. The highest BCUT2D eigenvalue weighted by Crippen LogP contribution is 2.15. The van der Waals surface area contributed by atoms with E-state index in [2.05, 4.69) is 30.4 Å². The Morgan fingerprint density at radius 3 is 2.79 bits per heavy atom. The molecule has 0 radical (unpaired) electrons. The number of hydrogen-bond donors (Lipinski definition) is 1. The summed E-state index contributed by atoms with van der Waals surface area (Å²) in [4.78, 5) is 2.22. The van der Waals surface area contributed by atoms with Crippen LogP contribution in [0.3, 0.4) is 0 Å². The molecule has 0 aliphatic carbocycles. The van der Waals surface area contributed by atoms with Crippen LogP contribution in [0.2, 0.25) is 0 Å². The molecule has 0 heterocycles. The molecule has 2 nitrogen and oxygen atoms in total. The Balaban J connectivity index is 2.66. The molecule has 0 aromatic heterocycles. The van der Waals surface area contributed by atoms with E-state index in [0.29, 0.717) is 12.6 Å². The van der Waals surface area contributed by atoms with Crippen LogP contribution in [0.25, 0.3) is 0 Å². The zero-order chi connectivity index (χ0) is 14.3. The van der Waals surface area contributed by atoms with Crippen molar-refractivity contribution in [3.05, 3.63) is 35.1 Å². The smallest absolute Gasteiger partial charge is 0.127 e. The summed E-state index contributed by atoms with van der Waals surface area (Å²) in [5, 5.41) is 3.10. The van der Waals surface area contributed by atoms with Gasteiger partial charge >= 0.3 is 0 Å². The minimum Gasteiger partial charge on any atom is -0.316 e. The van der Waals surface area contributed by atoms with Crippen molar-refractivity contribution < 1.29 is 4.39 Å². The molecule has 1 N–H and O–H groups in total. The van der Waals surface area contributed by atoms with Gasteiger partial charge in [-0.2, -0.15) is 11.8 Å². The van der Waals surface area contributed by atoms with Crippen LogP contribution < -0.4 is 5.32 Å². The Bertz CT molecular complexity index is 384. The van der Waals surface area contributed by atoms with Gasteiger partial charge in [0, 0.05) is 24.7 Å². The van der Waals surface area contributed by atoms with E-state index in [1.165, 1.54) is 0 Å². The number of rotatable bonds is 8. The molecule has 0 saturated heterocycles. The molecular formula is C15H25FN2S. The van der Waals surface area contributed by atoms with Gasteiger partial charge in [0.15, 0.2) is 0 Å². The van der Waals surface area contributed by atoms with Gasteiger partial charge in [-0.15, -0.1) is 0 Å². The summed E-state index contributed by atoms with van der Waals surface area (Å²) in [5.74, 6) is 1.04. The average Bonchev–Trinajstić information content (AvgIpc) is 2.40. The number of nitrogens with one attached hydrogen (secondary N) is 1. The van der Waals surface area contributed by atoms with Crippen LogP contribution in [0, 0.1) is 5.82 Å². The number of benzene rings is 1. The number of nitrogens with zero attached hydrogens (tertiary/aromatic N) is 1. The van der Waals surface area contributed by atoms with Crippen LogP contribution in [0.5, 0.6) is 0 Å². The first-order valence-corrected chi connectivity index (χ1v) is 8.09. The predicted octanol–water partition coefficient (Wildman–Crippen LogP) is 3.12. The van der Waals surface area contributed by atoms with E-state index in [-0.39, 0.29) is 5.82 Å². The Morgan fingerprint density at radius 2 is 2.16 bits per heavy atom. The van der Waals surface area contributed by atoms with Gasteiger partial charge in [0.05, 0.1) is 0 Å². The molecule has 1 rings (SSSR count). The molecule has 108 valence electrons. The molecular weight excluding hydrogens is 259 g/mol. The lowest BCUT2D eigenvalue weighted by Gasteiger charge is -2.25. The SMILES string of the molecule is CNCc1ccc(F)c(CN(C)C(C)CCSC)c1. The quantitative estimate of drug-likeness (QED) is 0.789. The van der Waals surface area contributed by atoms with Crippen LogP contribution in [-0.4, -0.2) is 37.0 Å². The zero-order valence-corrected chi connectivity index (χ0v) is 13.2. The Morgan fingerprint density at radius 1 is 1.42 bits per heavy atom. The van der Waals surface area contributed by atoms with Gasteiger partial charge in [0.25, 0.3) is 0 Å². The molecule has 0 aliphatic heterocycles. The molecule has 4 heteroatoms. The first-order chi connectivity index (χ1) is 9.08. The largest absolute Gasteiger partial charge is 0.316 e. The van der Waals surface area contributed by atoms with Crippen LogP contribution in [0.4, 0.5) is 4.39 Å². The summed E-state index contributed by atoms with van der Waals surface area (Å²) >= 11 is 1.86. The third-order valence-corrected chi connectivity index (χ3v) is 4.05. The van der Waals surface area contributed by atoms with Crippen LogP contribution >= 0.6 is 11.8 Å². The lowest BCUT2D eigenvalue weighted by Crippen LogP contribution is -2.29. The summed E-state index contributed by atoms with van der Waals surface area (Å²) in [6.45, 7) is 3.64. The summed E-state index contributed by atoms with van der Waals surface area (Å²) in [7, 11) is 3.97. The minimum absolute atomic E-state index is 0.108. The second-order valence-electron chi connectivity index (χ2n) is 5.00. The molecule has 1 unspecified atom stereocenters. The van der Waals surface area contributed by atoms with Crippen LogP contribution in [0.15, 0.2) is 18.2 Å². The number of halogens is 1. The number of thioether (sulfide) groups is 1. The Labute approximate surface area is 120 Å². The summed E-state index contributed by atoms with van der Waals surface area (Å²) in [6, 6.07) is 5.85. The maximum Gasteiger partial charge on any atom is 0.127 e. The fourth-order valence-corrected chi connectivity index (χ4v) is 2.57. The van der Waals surface area contributed by atoms with Gasteiger partial charge in [0.2, 0.25) is 0 Å².